The summed E-state index contributed by atoms with van der Waals surface area (Å²) in [6.07, 6.45) is -1.43. The van der Waals surface area contributed by atoms with E-state index in [0.717, 1.165) is 10.2 Å². The average molecular weight is 300 g/mol. The second kappa shape index (κ2) is 4.64. The monoisotopic (exact) mass is 299 g/mol. The van der Waals surface area contributed by atoms with Gasteiger partial charge in [0, 0.05) is 23.1 Å². The van der Waals surface area contributed by atoms with Crippen LogP contribution in [-0.4, -0.2) is 41.3 Å². The Morgan fingerprint density at radius 1 is 1.35 bits per heavy atom. The van der Waals surface area contributed by atoms with Crippen molar-refractivity contribution in [3.8, 4) is 0 Å². The van der Waals surface area contributed by atoms with Crippen LogP contribution in [0.1, 0.15) is 5.56 Å². The molecule has 5 N–H and O–H groups in total. The van der Waals surface area contributed by atoms with Crippen molar-refractivity contribution in [1.29, 1.82) is 5.41 Å². The molecule has 2 unspecified atom stereocenters. The van der Waals surface area contributed by atoms with Crippen molar-refractivity contribution < 1.29 is 10.2 Å². The van der Waals surface area contributed by atoms with Gasteiger partial charge in [0.05, 0.1) is 17.9 Å². The molecule has 2 atom stereocenters. The molecule has 92 valence electrons. The van der Waals surface area contributed by atoms with Crippen LogP contribution in [0.5, 0.6) is 0 Å². The number of nitrogen functional groups attached to an aromatic ring is 1. The largest absolute Gasteiger partial charge is 0.389 e. The molecule has 1 aliphatic heterocycles. The van der Waals surface area contributed by atoms with Gasteiger partial charge >= 0.3 is 0 Å². The number of rotatable bonds is 2. The fourth-order valence-corrected chi connectivity index (χ4v) is 2.53. The second-order valence-electron chi connectivity index (χ2n) is 4.12. The number of β-amino-alcohol motifs (C(OH)–C–C–N with tert-alkyl or cyclic N) is 2. The fourth-order valence-electron chi connectivity index (χ4n) is 1.90. The molecule has 1 saturated heterocycles. The maximum atomic E-state index is 9.50. The van der Waals surface area contributed by atoms with E-state index in [4.69, 9.17) is 11.1 Å². The van der Waals surface area contributed by atoms with Crippen molar-refractivity contribution in [2.75, 3.05) is 18.0 Å². The number of benzene rings is 1. The molecule has 17 heavy (non-hydrogen) atoms. The molecular weight excluding hydrogens is 286 g/mol. The molecule has 6 heteroatoms. The molecule has 1 aromatic carbocycles. The smallest absolute Gasteiger partial charge is 0.122 e. The first-order chi connectivity index (χ1) is 7.99. The predicted molar refractivity (Wildman–Crippen MR) is 69.4 cm³/mol. The summed E-state index contributed by atoms with van der Waals surface area (Å²) in [5.41, 5.74) is 6.92. The highest BCUT2D eigenvalue weighted by atomic mass is 79.9. The lowest BCUT2D eigenvalue weighted by Gasteiger charge is -2.19. The summed E-state index contributed by atoms with van der Waals surface area (Å²) in [7, 11) is 0. The van der Waals surface area contributed by atoms with Crippen LogP contribution < -0.4 is 10.6 Å². The van der Waals surface area contributed by atoms with Gasteiger partial charge in [-0.1, -0.05) is 0 Å². The molecule has 0 aliphatic carbocycles. The summed E-state index contributed by atoms with van der Waals surface area (Å²) in [6.45, 7) is 0.804. The van der Waals surface area contributed by atoms with Crippen molar-refractivity contribution in [2.45, 2.75) is 12.2 Å². The van der Waals surface area contributed by atoms with Gasteiger partial charge in [-0.15, -0.1) is 0 Å². The lowest BCUT2D eigenvalue weighted by Crippen LogP contribution is -2.22. The Kier molecular flexibility index (Phi) is 3.37. The van der Waals surface area contributed by atoms with E-state index in [-0.39, 0.29) is 5.84 Å². The summed E-state index contributed by atoms with van der Waals surface area (Å²) in [5.74, 6) is 0.0127. The number of anilines is 1. The topological polar surface area (TPSA) is 93.6 Å². The van der Waals surface area contributed by atoms with Gasteiger partial charge in [0.2, 0.25) is 0 Å². The molecule has 5 nitrogen and oxygen atoms in total. The van der Waals surface area contributed by atoms with E-state index in [2.05, 4.69) is 15.9 Å². The average Bonchev–Trinajstić information content (AvgIpc) is 2.58. The Hall–Kier alpha value is -1.11. The highest BCUT2D eigenvalue weighted by Crippen LogP contribution is 2.30. The van der Waals surface area contributed by atoms with E-state index >= 15 is 0 Å². The van der Waals surface area contributed by atoms with Crippen molar-refractivity contribution in [2.24, 2.45) is 5.73 Å². The predicted octanol–water partition coefficient (Wildman–Crippen LogP) is 0.275. The zero-order valence-corrected chi connectivity index (χ0v) is 10.7. The third-order valence-corrected chi connectivity index (χ3v) is 3.49. The van der Waals surface area contributed by atoms with Crippen LogP contribution in [0, 0.1) is 5.41 Å². The minimum Gasteiger partial charge on any atom is -0.389 e. The first-order valence-corrected chi connectivity index (χ1v) is 6.03. The molecule has 1 heterocycles. The van der Waals surface area contributed by atoms with E-state index in [1.807, 2.05) is 11.0 Å². The van der Waals surface area contributed by atoms with Crippen molar-refractivity contribution >= 4 is 27.5 Å². The fraction of sp³-hybridized carbons (Fsp3) is 0.364. The Labute approximate surface area is 107 Å². The number of nitrogens with one attached hydrogen (secondary N) is 1. The van der Waals surface area contributed by atoms with Gasteiger partial charge in [-0.05, 0) is 34.1 Å². The van der Waals surface area contributed by atoms with Gasteiger partial charge in [-0.25, -0.2) is 0 Å². The third kappa shape index (κ3) is 2.43. The zero-order chi connectivity index (χ0) is 12.6. The Morgan fingerprint density at radius 2 is 1.94 bits per heavy atom. The second-order valence-corrected chi connectivity index (χ2v) is 4.97. The molecular formula is C11H14BrN3O2. The Morgan fingerprint density at radius 3 is 2.41 bits per heavy atom. The van der Waals surface area contributed by atoms with E-state index in [1.165, 1.54) is 0 Å². The number of hydrogen-bond donors (Lipinski definition) is 4. The number of nitrogens with zero attached hydrogens (tertiary/aromatic N) is 1. The summed E-state index contributed by atoms with van der Waals surface area (Å²) in [6, 6.07) is 5.33. The number of nitrogens with two attached hydrogens (primary N) is 1. The first-order valence-electron chi connectivity index (χ1n) is 5.24. The summed E-state index contributed by atoms with van der Waals surface area (Å²) in [5, 5.41) is 26.3. The van der Waals surface area contributed by atoms with Crippen LogP contribution in [0.15, 0.2) is 22.7 Å². The van der Waals surface area contributed by atoms with Crippen LogP contribution in [-0.2, 0) is 0 Å². The standard InChI is InChI=1S/C11H14BrN3O2/c12-7-3-6(11(13)14)1-2-8(7)15-4-9(16)10(17)5-15/h1-3,9-10,16-17H,4-5H2,(H3,13,14). The minimum atomic E-state index is -0.714. The highest BCUT2D eigenvalue weighted by Gasteiger charge is 2.30. The quantitative estimate of drug-likeness (QED) is 0.466. The minimum absolute atomic E-state index is 0.0127. The lowest BCUT2D eigenvalue weighted by atomic mass is 10.2. The number of amidine groups is 1. The molecule has 0 radical (unpaired) electrons. The summed E-state index contributed by atoms with van der Waals surface area (Å²) < 4.78 is 0.798. The van der Waals surface area contributed by atoms with E-state index in [1.54, 1.807) is 12.1 Å². The number of halogens is 1. The van der Waals surface area contributed by atoms with Crippen molar-refractivity contribution in [3.63, 3.8) is 0 Å². The maximum Gasteiger partial charge on any atom is 0.122 e. The van der Waals surface area contributed by atoms with Gasteiger partial charge in [0.1, 0.15) is 5.84 Å². The Balaban J connectivity index is 2.26. The molecule has 1 fully saturated rings. The normalized spacial score (nSPS) is 24.1. The third-order valence-electron chi connectivity index (χ3n) is 2.86. The Bertz CT molecular complexity index is 442. The van der Waals surface area contributed by atoms with Crippen LogP contribution in [0.4, 0.5) is 5.69 Å². The van der Waals surface area contributed by atoms with Crippen LogP contribution >= 0.6 is 15.9 Å². The molecule has 0 spiro atoms. The molecule has 0 bridgehead atoms. The van der Waals surface area contributed by atoms with Gasteiger partial charge in [0.15, 0.2) is 0 Å². The number of hydrogen-bond acceptors (Lipinski definition) is 4. The zero-order valence-electron chi connectivity index (χ0n) is 9.10. The number of aliphatic hydroxyl groups excluding tert-OH is 2. The SMILES string of the molecule is N=C(N)c1ccc(N2CC(O)C(O)C2)c(Br)c1. The van der Waals surface area contributed by atoms with Gasteiger partial charge in [-0.3, -0.25) is 5.41 Å². The summed E-state index contributed by atoms with van der Waals surface area (Å²) in [4.78, 5) is 1.89. The number of aliphatic hydroxyl groups is 2. The van der Waals surface area contributed by atoms with Gasteiger partial charge in [0.25, 0.3) is 0 Å². The molecule has 2 rings (SSSR count). The molecule has 1 aromatic rings. The van der Waals surface area contributed by atoms with Gasteiger partial charge in [-0.2, -0.15) is 0 Å². The van der Waals surface area contributed by atoms with Crippen molar-refractivity contribution in [1.82, 2.24) is 0 Å². The van der Waals surface area contributed by atoms with E-state index in [9.17, 15) is 10.2 Å². The molecule has 0 amide bonds. The first kappa shape index (κ1) is 12.3. The summed E-state index contributed by atoms with van der Waals surface area (Å²) >= 11 is 3.41. The van der Waals surface area contributed by atoms with E-state index in [0.29, 0.717) is 18.7 Å². The molecule has 0 aromatic heterocycles. The van der Waals surface area contributed by atoms with Crippen molar-refractivity contribution in [3.05, 3.63) is 28.2 Å². The highest BCUT2D eigenvalue weighted by molar-refractivity contribution is 9.10. The van der Waals surface area contributed by atoms with E-state index < -0.39 is 12.2 Å². The molecule has 1 aliphatic rings. The maximum absolute atomic E-state index is 9.50. The van der Waals surface area contributed by atoms with Crippen LogP contribution in [0.25, 0.3) is 0 Å². The van der Waals surface area contributed by atoms with Crippen LogP contribution in [0.3, 0.4) is 0 Å². The molecule has 0 saturated carbocycles. The van der Waals surface area contributed by atoms with Crippen LogP contribution in [0.2, 0.25) is 0 Å². The lowest BCUT2D eigenvalue weighted by molar-refractivity contribution is 0.0572. The van der Waals surface area contributed by atoms with Gasteiger partial charge < -0.3 is 20.8 Å².